The van der Waals surface area contributed by atoms with Crippen molar-refractivity contribution < 1.29 is 0 Å². The van der Waals surface area contributed by atoms with Crippen molar-refractivity contribution >= 4 is 16.8 Å². The summed E-state index contributed by atoms with van der Waals surface area (Å²) in [5.41, 5.74) is 7.86. The summed E-state index contributed by atoms with van der Waals surface area (Å²) >= 11 is 0. The lowest BCUT2D eigenvalue weighted by Gasteiger charge is -2.32. The van der Waals surface area contributed by atoms with Crippen LogP contribution in [-0.2, 0) is 6.42 Å². The Hall–Kier alpha value is -2.34. The fourth-order valence-corrected chi connectivity index (χ4v) is 5.64. The zero-order valence-electron chi connectivity index (χ0n) is 17.7. The second kappa shape index (κ2) is 7.82. The van der Waals surface area contributed by atoms with Gasteiger partial charge in [0.2, 0.25) is 0 Å². The summed E-state index contributed by atoms with van der Waals surface area (Å²) in [6.45, 7) is 2.55. The Kier molecular flexibility index (Phi) is 5.04. The number of rotatable bonds is 3. The first-order valence-electron chi connectivity index (χ1n) is 11.5. The fraction of sp³-hybridized carbons (Fsp3) is 0.379. The van der Waals surface area contributed by atoms with Crippen molar-refractivity contribution in [2.24, 2.45) is 5.41 Å². The lowest BCUT2D eigenvalue weighted by Crippen LogP contribution is -2.18. The molecule has 0 N–H and O–H groups in total. The number of hydrogen-bond donors (Lipinski definition) is 0. The Bertz CT molecular complexity index is 1040. The van der Waals surface area contributed by atoms with E-state index in [1.54, 1.807) is 5.57 Å². The molecule has 0 aliphatic heterocycles. The average molecular weight is 381 g/mol. The maximum Gasteiger partial charge on any atom is -0.00574 e. The first-order chi connectivity index (χ1) is 14.2. The van der Waals surface area contributed by atoms with Gasteiger partial charge in [-0.25, -0.2) is 0 Å². The van der Waals surface area contributed by atoms with Crippen molar-refractivity contribution in [1.82, 2.24) is 0 Å². The summed E-state index contributed by atoms with van der Waals surface area (Å²) < 4.78 is 0. The van der Waals surface area contributed by atoms with Crippen LogP contribution in [0.4, 0.5) is 0 Å². The van der Waals surface area contributed by atoms with E-state index in [1.807, 2.05) is 0 Å². The summed E-state index contributed by atoms with van der Waals surface area (Å²) in [5.74, 6) is 0. The molecule has 0 nitrogen and oxygen atoms in total. The Morgan fingerprint density at radius 3 is 2.34 bits per heavy atom. The topological polar surface area (TPSA) is 0 Å². The normalized spacial score (nSPS) is 18.7. The summed E-state index contributed by atoms with van der Waals surface area (Å²) in [5, 5.41) is 2.64. The standard InChI is InChI=1S/C29H32/c1-29(16-7-3-2-4-8-17-29)21-22-18-25-12-9-13-27(28(25)19-22)26-15-14-23-10-5-6-11-24(23)20-26/h5-6,9-15,19-20H,2-4,7-8,16-18,21H2,1H3. The van der Waals surface area contributed by atoms with E-state index in [1.165, 1.54) is 84.4 Å². The molecule has 0 unspecified atom stereocenters. The van der Waals surface area contributed by atoms with E-state index in [0.29, 0.717) is 5.41 Å². The highest BCUT2D eigenvalue weighted by atomic mass is 14.3. The van der Waals surface area contributed by atoms with Crippen molar-refractivity contribution in [3.8, 4) is 11.1 Å². The molecule has 1 saturated carbocycles. The fourth-order valence-electron chi connectivity index (χ4n) is 5.64. The van der Waals surface area contributed by atoms with Gasteiger partial charge in [0.1, 0.15) is 0 Å². The summed E-state index contributed by atoms with van der Waals surface area (Å²) in [6, 6.07) is 22.5. The van der Waals surface area contributed by atoms with E-state index < -0.39 is 0 Å². The van der Waals surface area contributed by atoms with Crippen molar-refractivity contribution in [2.75, 3.05) is 0 Å². The van der Waals surface area contributed by atoms with Gasteiger partial charge in [-0.15, -0.1) is 0 Å². The molecule has 5 rings (SSSR count). The van der Waals surface area contributed by atoms with Gasteiger partial charge in [-0.05, 0) is 70.2 Å². The average Bonchev–Trinajstić information content (AvgIpc) is 3.13. The monoisotopic (exact) mass is 380 g/mol. The van der Waals surface area contributed by atoms with Crippen LogP contribution in [0, 0.1) is 5.41 Å². The van der Waals surface area contributed by atoms with Crippen LogP contribution in [0.25, 0.3) is 28.0 Å². The van der Waals surface area contributed by atoms with Crippen LogP contribution < -0.4 is 0 Å². The summed E-state index contributed by atoms with van der Waals surface area (Å²) in [4.78, 5) is 0. The second-order valence-electron chi connectivity index (χ2n) is 9.67. The molecular formula is C29H32. The lowest BCUT2D eigenvalue weighted by atomic mass is 9.73. The smallest absolute Gasteiger partial charge is 0.00574 e. The lowest BCUT2D eigenvalue weighted by molar-refractivity contribution is 0.234. The molecule has 0 heterocycles. The highest BCUT2D eigenvalue weighted by Crippen LogP contribution is 2.43. The molecule has 0 bridgehead atoms. The van der Waals surface area contributed by atoms with E-state index in [9.17, 15) is 0 Å². The molecule has 3 aromatic rings. The van der Waals surface area contributed by atoms with Crippen LogP contribution in [-0.4, -0.2) is 0 Å². The molecule has 2 aliphatic rings. The largest absolute Gasteiger partial charge is 0.0646 e. The van der Waals surface area contributed by atoms with Crippen LogP contribution in [0.3, 0.4) is 0 Å². The number of fused-ring (bicyclic) bond motifs is 2. The molecule has 0 atom stereocenters. The Balaban J connectivity index is 1.45. The predicted octanol–water partition coefficient (Wildman–Crippen LogP) is 8.59. The highest BCUT2D eigenvalue weighted by molar-refractivity contribution is 5.90. The van der Waals surface area contributed by atoms with Crippen molar-refractivity contribution in [3.63, 3.8) is 0 Å². The van der Waals surface area contributed by atoms with Gasteiger partial charge in [-0.2, -0.15) is 0 Å². The highest BCUT2D eigenvalue weighted by Gasteiger charge is 2.28. The molecule has 0 spiro atoms. The van der Waals surface area contributed by atoms with Gasteiger partial charge in [0.15, 0.2) is 0 Å². The van der Waals surface area contributed by atoms with E-state index in [4.69, 9.17) is 0 Å². The SMILES string of the molecule is CC1(CC2=Cc3c(cccc3-c3ccc4ccccc4c3)C2)CCCCCCC1. The quantitative estimate of drug-likeness (QED) is 0.427. The summed E-state index contributed by atoms with van der Waals surface area (Å²) in [7, 11) is 0. The van der Waals surface area contributed by atoms with E-state index in [0.717, 1.165) is 6.42 Å². The molecule has 29 heavy (non-hydrogen) atoms. The van der Waals surface area contributed by atoms with Gasteiger partial charge in [-0.1, -0.05) is 105 Å². The Morgan fingerprint density at radius 1 is 0.759 bits per heavy atom. The third kappa shape index (κ3) is 3.90. The maximum atomic E-state index is 2.55. The van der Waals surface area contributed by atoms with Gasteiger partial charge in [0.25, 0.3) is 0 Å². The predicted molar refractivity (Wildman–Crippen MR) is 126 cm³/mol. The minimum atomic E-state index is 0.497. The Labute approximate surface area is 175 Å². The van der Waals surface area contributed by atoms with Gasteiger partial charge in [0, 0.05) is 0 Å². The second-order valence-corrected chi connectivity index (χ2v) is 9.67. The first kappa shape index (κ1) is 18.7. The van der Waals surface area contributed by atoms with Crippen LogP contribution in [0.5, 0.6) is 0 Å². The molecule has 0 saturated heterocycles. The number of allylic oxidation sites excluding steroid dienone is 1. The van der Waals surface area contributed by atoms with Crippen LogP contribution >= 0.6 is 0 Å². The van der Waals surface area contributed by atoms with Crippen molar-refractivity contribution in [1.29, 1.82) is 0 Å². The minimum absolute atomic E-state index is 0.497. The molecule has 0 heteroatoms. The minimum Gasteiger partial charge on any atom is -0.0646 e. The summed E-state index contributed by atoms with van der Waals surface area (Å²) in [6.07, 6.45) is 14.9. The third-order valence-corrected chi connectivity index (χ3v) is 7.24. The third-order valence-electron chi connectivity index (χ3n) is 7.24. The van der Waals surface area contributed by atoms with Gasteiger partial charge >= 0.3 is 0 Å². The molecule has 148 valence electrons. The molecular weight excluding hydrogens is 348 g/mol. The maximum absolute atomic E-state index is 2.55. The molecule has 3 aromatic carbocycles. The van der Waals surface area contributed by atoms with Crippen molar-refractivity contribution in [3.05, 3.63) is 77.4 Å². The molecule has 0 aromatic heterocycles. The number of hydrogen-bond acceptors (Lipinski definition) is 0. The van der Waals surface area contributed by atoms with E-state index >= 15 is 0 Å². The van der Waals surface area contributed by atoms with Gasteiger partial charge in [-0.3, -0.25) is 0 Å². The van der Waals surface area contributed by atoms with Gasteiger partial charge in [0.05, 0.1) is 0 Å². The first-order valence-corrected chi connectivity index (χ1v) is 11.5. The molecule has 0 radical (unpaired) electrons. The van der Waals surface area contributed by atoms with E-state index in [2.05, 4.69) is 73.7 Å². The Morgan fingerprint density at radius 2 is 1.52 bits per heavy atom. The van der Waals surface area contributed by atoms with E-state index in [-0.39, 0.29) is 0 Å². The number of benzene rings is 3. The van der Waals surface area contributed by atoms with Gasteiger partial charge < -0.3 is 0 Å². The van der Waals surface area contributed by atoms with Crippen molar-refractivity contribution in [2.45, 2.75) is 64.7 Å². The van der Waals surface area contributed by atoms with Crippen LogP contribution in [0.2, 0.25) is 0 Å². The molecule has 2 aliphatic carbocycles. The molecule has 1 fully saturated rings. The molecule has 0 amide bonds. The zero-order valence-corrected chi connectivity index (χ0v) is 17.7. The zero-order chi connectivity index (χ0) is 19.7. The van der Waals surface area contributed by atoms with Crippen LogP contribution in [0.15, 0.2) is 66.2 Å². The van der Waals surface area contributed by atoms with Crippen LogP contribution in [0.1, 0.15) is 69.4 Å².